The highest BCUT2D eigenvalue weighted by atomic mass is 16.2. The summed E-state index contributed by atoms with van der Waals surface area (Å²) < 4.78 is 0. The molecule has 1 aromatic carbocycles. The SMILES string of the molecule is Cc1ccccc1C1(C(=O)NC2CCN(Cc3ccncc3)CC2)CC1. The molecule has 2 fully saturated rings. The minimum atomic E-state index is -0.264. The molecule has 1 amide bonds. The van der Waals surface area contributed by atoms with Crippen LogP contribution in [0.4, 0.5) is 0 Å². The highest BCUT2D eigenvalue weighted by Gasteiger charge is 2.52. The smallest absolute Gasteiger partial charge is 0.230 e. The molecular formula is C22H27N3O. The highest BCUT2D eigenvalue weighted by molar-refractivity contribution is 5.91. The fraction of sp³-hybridized carbons (Fsp3) is 0.455. The highest BCUT2D eigenvalue weighted by Crippen LogP contribution is 2.49. The lowest BCUT2D eigenvalue weighted by molar-refractivity contribution is -0.124. The molecule has 0 bridgehead atoms. The number of carbonyl (C=O) groups excluding carboxylic acids is 1. The summed E-state index contributed by atoms with van der Waals surface area (Å²) in [5, 5.41) is 3.36. The number of aromatic nitrogens is 1. The van der Waals surface area contributed by atoms with E-state index in [1.165, 1.54) is 16.7 Å². The zero-order chi connectivity index (χ0) is 18.0. The minimum absolute atomic E-state index is 0.236. The van der Waals surface area contributed by atoms with Crippen molar-refractivity contribution in [1.29, 1.82) is 0 Å². The maximum Gasteiger partial charge on any atom is 0.230 e. The Hall–Kier alpha value is -2.20. The summed E-state index contributed by atoms with van der Waals surface area (Å²) in [7, 11) is 0. The van der Waals surface area contributed by atoms with Crippen molar-refractivity contribution in [2.45, 2.75) is 50.6 Å². The van der Waals surface area contributed by atoms with Crippen molar-refractivity contribution < 1.29 is 4.79 Å². The summed E-state index contributed by atoms with van der Waals surface area (Å²) in [6.07, 6.45) is 7.71. The van der Waals surface area contributed by atoms with Crippen LogP contribution in [-0.2, 0) is 16.8 Å². The van der Waals surface area contributed by atoms with Gasteiger partial charge in [-0.3, -0.25) is 14.7 Å². The minimum Gasteiger partial charge on any atom is -0.353 e. The number of amides is 1. The number of hydrogen-bond donors (Lipinski definition) is 1. The summed E-state index contributed by atoms with van der Waals surface area (Å²) in [6.45, 7) is 5.14. The van der Waals surface area contributed by atoms with Crippen LogP contribution in [0.3, 0.4) is 0 Å². The largest absolute Gasteiger partial charge is 0.353 e. The summed E-state index contributed by atoms with van der Waals surface area (Å²) >= 11 is 0. The lowest BCUT2D eigenvalue weighted by atomic mass is 9.90. The molecule has 1 aromatic heterocycles. The van der Waals surface area contributed by atoms with E-state index in [0.29, 0.717) is 6.04 Å². The number of carbonyl (C=O) groups is 1. The Morgan fingerprint density at radius 2 is 1.85 bits per heavy atom. The van der Waals surface area contributed by atoms with Gasteiger partial charge in [-0.2, -0.15) is 0 Å². The predicted molar refractivity (Wildman–Crippen MR) is 103 cm³/mol. The second-order valence-corrected chi connectivity index (χ2v) is 7.78. The number of piperidine rings is 1. The molecule has 2 aliphatic rings. The van der Waals surface area contributed by atoms with E-state index in [4.69, 9.17) is 0 Å². The van der Waals surface area contributed by atoms with E-state index in [2.05, 4.69) is 46.4 Å². The molecule has 0 unspecified atom stereocenters. The van der Waals surface area contributed by atoms with Crippen LogP contribution in [0.15, 0.2) is 48.8 Å². The molecule has 1 saturated heterocycles. The normalized spacial score (nSPS) is 19.9. The standard InChI is InChI=1S/C22H27N3O/c1-17-4-2-3-5-20(17)22(10-11-22)21(26)24-19-8-14-25(15-9-19)16-18-6-12-23-13-7-18/h2-7,12-13,19H,8-11,14-16H2,1H3,(H,24,26). The Labute approximate surface area is 155 Å². The van der Waals surface area contributed by atoms with Gasteiger partial charge in [0.1, 0.15) is 0 Å². The van der Waals surface area contributed by atoms with Crippen LogP contribution in [-0.4, -0.2) is 34.9 Å². The number of rotatable bonds is 5. The number of pyridine rings is 1. The van der Waals surface area contributed by atoms with Crippen LogP contribution in [0.5, 0.6) is 0 Å². The third-order valence-electron chi connectivity index (χ3n) is 5.92. The van der Waals surface area contributed by atoms with E-state index < -0.39 is 0 Å². The average molecular weight is 349 g/mol. The van der Waals surface area contributed by atoms with Crippen LogP contribution >= 0.6 is 0 Å². The van der Waals surface area contributed by atoms with Gasteiger partial charge in [0.15, 0.2) is 0 Å². The molecule has 1 aliphatic heterocycles. The van der Waals surface area contributed by atoms with E-state index in [-0.39, 0.29) is 11.3 Å². The Morgan fingerprint density at radius 1 is 1.15 bits per heavy atom. The molecule has 1 N–H and O–H groups in total. The van der Waals surface area contributed by atoms with Crippen LogP contribution in [0.2, 0.25) is 0 Å². The number of benzene rings is 1. The van der Waals surface area contributed by atoms with Gasteiger partial charge in [-0.25, -0.2) is 0 Å². The van der Waals surface area contributed by atoms with Crippen molar-refractivity contribution in [2.75, 3.05) is 13.1 Å². The Bertz CT molecular complexity index is 762. The molecule has 0 spiro atoms. The van der Waals surface area contributed by atoms with Gasteiger partial charge in [0.05, 0.1) is 5.41 Å². The second kappa shape index (κ2) is 7.20. The number of aryl methyl sites for hydroxylation is 1. The number of nitrogens with one attached hydrogen (secondary N) is 1. The van der Waals surface area contributed by atoms with Gasteiger partial charge < -0.3 is 5.32 Å². The molecule has 136 valence electrons. The van der Waals surface area contributed by atoms with Gasteiger partial charge in [-0.05, 0) is 61.4 Å². The maximum atomic E-state index is 13.0. The van der Waals surface area contributed by atoms with Gasteiger partial charge in [0, 0.05) is 38.1 Å². The third-order valence-corrected chi connectivity index (χ3v) is 5.92. The van der Waals surface area contributed by atoms with Crippen LogP contribution in [0.25, 0.3) is 0 Å². The quantitative estimate of drug-likeness (QED) is 0.902. The van der Waals surface area contributed by atoms with Gasteiger partial charge in [0.25, 0.3) is 0 Å². The lowest BCUT2D eigenvalue weighted by Crippen LogP contribution is -2.47. The summed E-state index contributed by atoms with van der Waals surface area (Å²) in [5.74, 6) is 0.236. The van der Waals surface area contributed by atoms with Crippen molar-refractivity contribution in [3.8, 4) is 0 Å². The van der Waals surface area contributed by atoms with Crippen molar-refractivity contribution in [1.82, 2.24) is 15.2 Å². The molecule has 2 aromatic rings. The first kappa shape index (κ1) is 17.2. The first-order valence-electron chi connectivity index (χ1n) is 9.66. The van der Waals surface area contributed by atoms with E-state index >= 15 is 0 Å². The van der Waals surface area contributed by atoms with E-state index in [1.54, 1.807) is 0 Å². The monoisotopic (exact) mass is 349 g/mol. The van der Waals surface area contributed by atoms with Crippen LogP contribution < -0.4 is 5.32 Å². The summed E-state index contributed by atoms with van der Waals surface area (Å²) in [6, 6.07) is 12.8. The van der Waals surface area contributed by atoms with E-state index in [1.807, 2.05) is 24.5 Å². The summed E-state index contributed by atoms with van der Waals surface area (Å²) in [4.78, 5) is 19.5. The van der Waals surface area contributed by atoms with Gasteiger partial charge in [-0.15, -0.1) is 0 Å². The van der Waals surface area contributed by atoms with Crippen molar-refractivity contribution in [2.24, 2.45) is 0 Å². The van der Waals surface area contributed by atoms with Crippen LogP contribution in [0.1, 0.15) is 42.4 Å². The molecule has 1 aliphatic carbocycles. The zero-order valence-electron chi connectivity index (χ0n) is 15.4. The predicted octanol–water partition coefficient (Wildman–Crippen LogP) is 3.20. The van der Waals surface area contributed by atoms with E-state index in [0.717, 1.165) is 45.3 Å². The molecule has 4 rings (SSSR count). The molecule has 0 atom stereocenters. The molecule has 4 heteroatoms. The number of likely N-dealkylation sites (tertiary alicyclic amines) is 1. The molecule has 0 radical (unpaired) electrons. The number of nitrogens with zero attached hydrogens (tertiary/aromatic N) is 2. The first-order valence-corrected chi connectivity index (χ1v) is 9.66. The van der Waals surface area contributed by atoms with E-state index in [9.17, 15) is 4.79 Å². The van der Waals surface area contributed by atoms with Gasteiger partial charge >= 0.3 is 0 Å². The Morgan fingerprint density at radius 3 is 2.50 bits per heavy atom. The molecule has 26 heavy (non-hydrogen) atoms. The number of hydrogen-bond acceptors (Lipinski definition) is 3. The molecule has 2 heterocycles. The van der Waals surface area contributed by atoms with Gasteiger partial charge in [0.2, 0.25) is 5.91 Å². The van der Waals surface area contributed by atoms with Crippen molar-refractivity contribution >= 4 is 5.91 Å². The fourth-order valence-electron chi connectivity index (χ4n) is 4.16. The summed E-state index contributed by atoms with van der Waals surface area (Å²) in [5.41, 5.74) is 3.48. The molecule has 1 saturated carbocycles. The van der Waals surface area contributed by atoms with Crippen molar-refractivity contribution in [3.63, 3.8) is 0 Å². The molecular weight excluding hydrogens is 322 g/mol. The lowest BCUT2D eigenvalue weighted by Gasteiger charge is -2.33. The molecule has 4 nitrogen and oxygen atoms in total. The van der Waals surface area contributed by atoms with Crippen molar-refractivity contribution in [3.05, 3.63) is 65.5 Å². The third kappa shape index (κ3) is 3.51. The second-order valence-electron chi connectivity index (χ2n) is 7.78. The Balaban J connectivity index is 1.32. The topological polar surface area (TPSA) is 45.2 Å². The fourth-order valence-corrected chi connectivity index (χ4v) is 4.16. The van der Waals surface area contributed by atoms with Gasteiger partial charge in [-0.1, -0.05) is 24.3 Å². The maximum absolute atomic E-state index is 13.0. The first-order chi connectivity index (χ1) is 12.7. The zero-order valence-corrected chi connectivity index (χ0v) is 15.4. The van der Waals surface area contributed by atoms with Crippen LogP contribution in [0, 0.1) is 6.92 Å². The average Bonchev–Trinajstić information content (AvgIpc) is 3.46. The Kier molecular flexibility index (Phi) is 4.77.